The maximum absolute atomic E-state index is 11.8. The Hall–Kier alpha value is -1.75. The minimum absolute atomic E-state index is 0.00769. The lowest BCUT2D eigenvalue weighted by Crippen LogP contribution is -2.38. The van der Waals surface area contributed by atoms with Crippen molar-refractivity contribution in [3.8, 4) is 5.75 Å². The zero-order valence-corrected chi connectivity index (χ0v) is 11.8. The summed E-state index contributed by atoms with van der Waals surface area (Å²) in [5.74, 6) is 1.12. The minimum Gasteiger partial charge on any atom is -0.493 e. The zero-order valence-electron chi connectivity index (χ0n) is 11.8. The van der Waals surface area contributed by atoms with Crippen molar-refractivity contribution < 1.29 is 14.3 Å². The molecule has 5 heteroatoms. The fraction of sp³-hybridized carbons (Fsp3) is 0.533. The van der Waals surface area contributed by atoms with Crippen molar-refractivity contribution in [2.24, 2.45) is 5.92 Å². The van der Waals surface area contributed by atoms with E-state index in [9.17, 15) is 4.79 Å². The lowest BCUT2D eigenvalue weighted by atomic mass is 10.0. The molecule has 0 radical (unpaired) electrons. The summed E-state index contributed by atoms with van der Waals surface area (Å²) in [6, 6.07) is 7.35. The van der Waals surface area contributed by atoms with E-state index in [1.165, 1.54) is 0 Å². The van der Waals surface area contributed by atoms with Gasteiger partial charge in [0.05, 0.1) is 19.6 Å². The van der Waals surface area contributed by atoms with Crippen LogP contribution in [0.2, 0.25) is 0 Å². The first-order valence-corrected chi connectivity index (χ1v) is 7.00. The lowest BCUT2D eigenvalue weighted by molar-refractivity contribution is -0.122. The van der Waals surface area contributed by atoms with Gasteiger partial charge in [0, 0.05) is 30.3 Å². The number of nitrogen functional groups attached to an aromatic ring is 1. The Kier molecular flexibility index (Phi) is 5.24. The molecule has 1 aromatic carbocycles. The second-order valence-electron chi connectivity index (χ2n) is 5.15. The normalized spacial score (nSPS) is 19.6. The van der Waals surface area contributed by atoms with Crippen LogP contribution in [0.1, 0.15) is 19.8 Å². The molecule has 1 fully saturated rings. The molecule has 1 amide bonds. The number of ether oxygens (including phenoxy) is 2. The summed E-state index contributed by atoms with van der Waals surface area (Å²) in [5, 5.41) is 3.00. The van der Waals surface area contributed by atoms with E-state index in [4.69, 9.17) is 15.2 Å². The van der Waals surface area contributed by atoms with Crippen molar-refractivity contribution in [3.05, 3.63) is 24.3 Å². The molecule has 20 heavy (non-hydrogen) atoms. The maximum Gasteiger partial charge on any atom is 0.223 e. The standard InChI is InChI=1S/C15H22N2O3/c1-11(12-5-7-19-10-12)17-15(18)6-8-20-14-4-2-3-13(16)9-14/h2-4,9,11-12H,5-8,10,16H2,1H3,(H,17,18). The molecule has 0 bridgehead atoms. The third-order valence-electron chi connectivity index (χ3n) is 3.52. The van der Waals surface area contributed by atoms with E-state index in [1.54, 1.807) is 12.1 Å². The van der Waals surface area contributed by atoms with Crippen LogP contribution in [0.4, 0.5) is 5.69 Å². The molecule has 0 saturated carbocycles. The first-order chi connectivity index (χ1) is 9.65. The fourth-order valence-electron chi connectivity index (χ4n) is 2.26. The van der Waals surface area contributed by atoms with E-state index in [0.717, 1.165) is 19.6 Å². The number of anilines is 1. The smallest absolute Gasteiger partial charge is 0.223 e. The minimum atomic E-state index is 0.00769. The highest BCUT2D eigenvalue weighted by Crippen LogP contribution is 2.17. The van der Waals surface area contributed by atoms with E-state index in [0.29, 0.717) is 30.4 Å². The van der Waals surface area contributed by atoms with Gasteiger partial charge >= 0.3 is 0 Å². The van der Waals surface area contributed by atoms with Crippen LogP contribution in [0, 0.1) is 5.92 Å². The number of carbonyl (C=O) groups excluding carboxylic acids is 1. The van der Waals surface area contributed by atoms with E-state index >= 15 is 0 Å². The van der Waals surface area contributed by atoms with Crippen molar-refractivity contribution in [3.63, 3.8) is 0 Å². The van der Waals surface area contributed by atoms with Crippen LogP contribution in [0.5, 0.6) is 5.75 Å². The number of amides is 1. The van der Waals surface area contributed by atoms with Gasteiger partial charge in [-0.05, 0) is 25.5 Å². The molecule has 2 rings (SSSR count). The number of nitrogens with one attached hydrogen (secondary N) is 1. The Bertz CT molecular complexity index is 444. The Morgan fingerprint density at radius 2 is 2.45 bits per heavy atom. The van der Waals surface area contributed by atoms with Gasteiger partial charge < -0.3 is 20.5 Å². The summed E-state index contributed by atoms with van der Waals surface area (Å²) in [6.07, 6.45) is 1.36. The lowest BCUT2D eigenvalue weighted by Gasteiger charge is -2.19. The van der Waals surface area contributed by atoms with Crippen LogP contribution in [0.25, 0.3) is 0 Å². The van der Waals surface area contributed by atoms with Crippen LogP contribution in [0.3, 0.4) is 0 Å². The van der Waals surface area contributed by atoms with Gasteiger partial charge in [-0.3, -0.25) is 4.79 Å². The first kappa shape index (κ1) is 14.7. The summed E-state index contributed by atoms with van der Waals surface area (Å²) < 4.78 is 10.8. The van der Waals surface area contributed by atoms with Crippen molar-refractivity contribution >= 4 is 11.6 Å². The molecule has 0 spiro atoms. The number of benzene rings is 1. The van der Waals surface area contributed by atoms with E-state index in [2.05, 4.69) is 5.32 Å². The second kappa shape index (κ2) is 7.14. The fourth-order valence-corrected chi connectivity index (χ4v) is 2.26. The van der Waals surface area contributed by atoms with Gasteiger partial charge in [-0.2, -0.15) is 0 Å². The quantitative estimate of drug-likeness (QED) is 0.775. The maximum atomic E-state index is 11.8. The van der Waals surface area contributed by atoms with E-state index < -0.39 is 0 Å². The van der Waals surface area contributed by atoms with Gasteiger partial charge in [0.1, 0.15) is 5.75 Å². The highest BCUT2D eigenvalue weighted by molar-refractivity contribution is 5.76. The van der Waals surface area contributed by atoms with Gasteiger partial charge in [-0.15, -0.1) is 0 Å². The topological polar surface area (TPSA) is 73.6 Å². The molecule has 110 valence electrons. The SMILES string of the molecule is CC(NC(=O)CCOc1cccc(N)c1)C1CCOC1. The largest absolute Gasteiger partial charge is 0.493 e. The Balaban J connectivity index is 1.67. The average Bonchev–Trinajstić information content (AvgIpc) is 2.92. The van der Waals surface area contributed by atoms with Crippen LogP contribution >= 0.6 is 0 Å². The number of nitrogens with two attached hydrogens (primary N) is 1. The summed E-state index contributed by atoms with van der Waals surface area (Å²) in [4.78, 5) is 11.8. The molecule has 0 aromatic heterocycles. The summed E-state index contributed by atoms with van der Waals surface area (Å²) >= 11 is 0. The van der Waals surface area contributed by atoms with Gasteiger partial charge in [-0.1, -0.05) is 6.07 Å². The third kappa shape index (κ3) is 4.42. The highest BCUT2D eigenvalue weighted by atomic mass is 16.5. The van der Waals surface area contributed by atoms with Gasteiger partial charge in [0.25, 0.3) is 0 Å². The van der Waals surface area contributed by atoms with E-state index in [1.807, 2.05) is 19.1 Å². The number of rotatable bonds is 6. The molecule has 1 aromatic rings. The van der Waals surface area contributed by atoms with Gasteiger partial charge in [0.2, 0.25) is 5.91 Å². The van der Waals surface area contributed by atoms with Crippen molar-refractivity contribution in [1.82, 2.24) is 5.32 Å². The Morgan fingerprint density at radius 1 is 1.60 bits per heavy atom. The Labute approximate surface area is 119 Å². The van der Waals surface area contributed by atoms with Crippen molar-refractivity contribution in [1.29, 1.82) is 0 Å². The summed E-state index contributed by atoms with van der Waals surface area (Å²) in [5.41, 5.74) is 6.31. The number of hydrogen-bond donors (Lipinski definition) is 2. The van der Waals surface area contributed by atoms with Gasteiger partial charge in [0.15, 0.2) is 0 Å². The average molecular weight is 278 g/mol. The zero-order chi connectivity index (χ0) is 14.4. The Morgan fingerprint density at radius 3 is 3.15 bits per heavy atom. The highest BCUT2D eigenvalue weighted by Gasteiger charge is 2.23. The number of carbonyl (C=O) groups is 1. The molecule has 1 aliphatic rings. The first-order valence-electron chi connectivity index (χ1n) is 7.00. The van der Waals surface area contributed by atoms with Gasteiger partial charge in [-0.25, -0.2) is 0 Å². The van der Waals surface area contributed by atoms with E-state index in [-0.39, 0.29) is 11.9 Å². The molecular formula is C15H22N2O3. The second-order valence-corrected chi connectivity index (χ2v) is 5.15. The predicted molar refractivity (Wildman–Crippen MR) is 77.5 cm³/mol. The molecular weight excluding hydrogens is 256 g/mol. The third-order valence-corrected chi connectivity index (χ3v) is 3.52. The molecule has 0 aliphatic carbocycles. The molecule has 1 heterocycles. The molecule has 2 atom stereocenters. The summed E-state index contributed by atoms with van der Waals surface area (Å²) in [7, 11) is 0. The van der Waals surface area contributed by atoms with Crippen molar-refractivity contribution in [2.45, 2.75) is 25.8 Å². The van der Waals surface area contributed by atoms with Crippen LogP contribution < -0.4 is 15.8 Å². The van der Waals surface area contributed by atoms with Crippen LogP contribution in [-0.2, 0) is 9.53 Å². The van der Waals surface area contributed by atoms with Crippen molar-refractivity contribution in [2.75, 3.05) is 25.6 Å². The summed E-state index contributed by atoms with van der Waals surface area (Å²) in [6.45, 7) is 3.91. The molecule has 1 saturated heterocycles. The predicted octanol–water partition coefficient (Wildman–Crippen LogP) is 1.58. The number of hydrogen-bond acceptors (Lipinski definition) is 4. The monoisotopic (exact) mass is 278 g/mol. The molecule has 2 unspecified atom stereocenters. The molecule has 5 nitrogen and oxygen atoms in total. The molecule has 3 N–H and O–H groups in total. The molecule has 1 aliphatic heterocycles. The van der Waals surface area contributed by atoms with Crippen LogP contribution in [0.15, 0.2) is 24.3 Å². The van der Waals surface area contributed by atoms with Crippen LogP contribution in [-0.4, -0.2) is 31.8 Å².